The zero-order valence-corrected chi connectivity index (χ0v) is 13.5. The van der Waals surface area contributed by atoms with E-state index in [0.29, 0.717) is 12.1 Å². The molecule has 1 aliphatic rings. The van der Waals surface area contributed by atoms with E-state index >= 15 is 0 Å². The van der Waals surface area contributed by atoms with E-state index in [4.69, 9.17) is 9.47 Å². The van der Waals surface area contributed by atoms with Gasteiger partial charge in [0.1, 0.15) is 5.75 Å². The summed E-state index contributed by atoms with van der Waals surface area (Å²) in [6.07, 6.45) is 2.25. The molecule has 1 aromatic rings. The molecule has 0 aromatic heterocycles. The zero-order valence-electron chi connectivity index (χ0n) is 13.5. The van der Waals surface area contributed by atoms with Crippen molar-refractivity contribution in [2.75, 3.05) is 40.5 Å². The standard InChI is InChI=1S/C17H28N2O2/c1-4-18-16(15-7-5-6-8-17(15)20-3)13-19(2)14-9-11-21-12-10-14/h5-8,14,16,18H,4,9-13H2,1-3H3. The van der Waals surface area contributed by atoms with Crippen molar-refractivity contribution in [2.45, 2.75) is 31.8 Å². The Morgan fingerprint density at radius 3 is 2.71 bits per heavy atom. The van der Waals surface area contributed by atoms with E-state index in [-0.39, 0.29) is 0 Å². The SMILES string of the molecule is CCNC(CN(C)C1CCOCC1)c1ccccc1OC. The van der Waals surface area contributed by atoms with Crippen LogP contribution in [0.25, 0.3) is 0 Å². The highest BCUT2D eigenvalue weighted by Gasteiger charge is 2.23. The van der Waals surface area contributed by atoms with Crippen molar-refractivity contribution in [1.82, 2.24) is 10.2 Å². The van der Waals surface area contributed by atoms with Crippen molar-refractivity contribution in [3.63, 3.8) is 0 Å². The van der Waals surface area contributed by atoms with Crippen molar-refractivity contribution in [2.24, 2.45) is 0 Å². The molecule has 0 bridgehead atoms. The summed E-state index contributed by atoms with van der Waals surface area (Å²) in [5, 5.41) is 3.59. The van der Waals surface area contributed by atoms with Crippen LogP contribution >= 0.6 is 0 Å². The van der Waals surface area contributed by atoms with Gasteiger partial charge >= 0.3 is 0 Å². The number of nitrogens with zero attached hydrogens (tertiary/aromatic N) is 1. The van der Waals surface area contributed by atoms with Gasteiger partial charge in [-0.25, -0.2) is 0 Å². The number of rotatable bonds is 7. The Bertz CT molecular complexity index is 419. The Hall–Kier alpha value is -1.10. The molecule has 4 nitrogen and oxygen atoms in total. The molecule has 118 valence electrons. The van der Waals surface area contributed by atoms with Crippen molar-refractivity contribution in [3.05, 3.63) is 29.8 Å². The smallest absolute Gasteiger partial charge is 0.123 e. The highest BCUT2D eigenvalue weighted by Crippen LogP contribution is 2.26. The first-order valence-electron chi connectivity index (χ1n) is 7.90. The number of hydrogen-bond donors (Lipinski definition) is 1. The maximum absolute atomic E-state index is 5.52. The van der Waals surface area contributed by atoms with E-state index in [1.54, 1.807) is 7.11 Å². The van der Waals surface area contributed by atoms with Crippen LogP contribution in [0.2, 0.25) is 0 Å². The van der Waals surface area contributed by atoms with Crippen LogP contribution in [0, 0.1) is 0 Å². The largest absolute Gasteiger partial charge is 0.496 e. The molecule has 1 atom stereocenters. The maximum Gasteiger partial charge on any atom is 0.123 e. The van der Waals surface area contributed by atoms with Gasteiger partial charge in [-0.1, -0.05) is 25.1 Å². The van der Waals surface area contributed by atoms with Crippen molar-refractivity contribution >= 4 is 0 Å². The highest BCUT2D eigenvalue weighted by molar-refractivity contribution is 5.36. The van der Waals surface area contributed by atoms with Gasteiger partial charge in [-0.05, 0) is 32.5 Å². The lowest BCUT2D eigenvalue weighted by atomic mass is 10.0. The average Bonchev–Trinajstić information content (AvgIpc) is 2.55. The Labute approximate surface area is 128 Å². The fraction of sp³-hybridized carbons (Fsp3) is 0.647. The molecule has 21 heavy (non-hydrogen) atoms. The maximum atomic E-state index is 5.52. The summed E-state index contributed by atoms with van der Waals surface area (Å²) in [5.74, 6) is 0.962. The minimum Gasteiger partial charge on any atom is -0.496 e. The second kappa shape index (κ2) is 8.37. The van der Waals surface area contributed by atoms with Crippen LogP contribution in [0.1, 0.15) is 31.4 Å². The average molecular weight is 292 g/mol. The fourth-order valence-electron chi connectivity index (χ4n) is 3.04. The number of para-hydroxylation sites is 1. The third-order valence-electron chi connectivity index (χ3n) is 4.25. The molecule has 0 amide bonds. The van der Waals surface area contributed by atoms with Crippen LogP contribution in [0.4, 0.5) is 0 Å². The summed E-state index contributed by atoms with van der Waals surface area (Å²) in [6, 6.07) is 9.20. The second-order valence-corrected chi connectivity index (χ2v) is 5.64. The van der Waals surface area contributed by atoms with Gasteiger partial charge in [0.2, 0.25) is 0 Å². The van der Waals surface area contributed by atoms with Gasteiger partial charge in [-0.15, -0.1) is 0 Å². The van der Waals surface area contributed by atoms with Gasteiger partial charge < -0.3 is 19.7 Å². The van der Waals surface area contributed by atoms with Gasteiger partial charge in [0.25, 0.3) is 0 Å². The number of likely N-dealkylation sites (N-methyl/N-ethyl adjacent to an activating group) is 2. The topological polar surface area (TPSA) is 33.7 Å². The molecular weight excluding hydrogens is 264 g/mol. The quantitative estimate of drug-likeness (QED) is 0.837. The van der Waals surface area contributed by atoms with E-state index in [1.165, 1.54) is 5.56 Å². The fourth-order valence-corrected chi connectivity index (χ4v) is 3.04. The minimum absolute atomic E-state index is 0.291. The van der Waals surface area contributed by atoms with Crippen molar-refractivity contribution in [3.8, 4) is 5.75 Å². The Kier molecular flexibility index (Phi) is 6.49. The van der Waals surface area contributed by atoms with Gasteiger partial charge in [-0.2, -0.15) is 0 Å². The molecule has 1 N–H and O–H groups in total. The van der Waals surface area contributed by atoms with Crippen LogP contribution in [0.3, 0.4) is 0 Å². The monoisotopic (exact) mass is 292 g/mol. The molecule has 0 saturated carbocycles. The van der Waals surface area contributed by atoms with Gasteiger partial charge in [-0.3, -0.25) is 0 Å². The molecular formula is C17H28N2O2. The highest BCUT2D eigenvalue weighted by atomic mass is 16.5. The van der Waals surface area contributed by atoms with Crippen molar-refractivity contribution < 1.29 is 9.47 Å². The summed E-state index contributed by atoms with van der Waals surface area (Å²) in [4.78, 5) is 2.46. The minimum atomic E-state index is 0.291. The number of methoxy groups -OCH3 is 1. The first-order valence-corrected chi connectivity index (χ1v) is 7.90. The lowest BCUT2D eigenvalue weighted by molar-refractivity contribution is 0.0401. The lowest BCUT2D eigenvalue weighted by Gasteiger charge is -2.34. The molecule has 4 heteroatoms. The van der Waals surface area contributed by atoms with Gasteiger partial charge in [0, 0.05) is 37.4 Å². The van der Waals surface area contributed by atoms with Crippen LogP contribution in [0.5, 0.6) is 5.75 Å². The van der Waals surface area contributed by atoms with Gasteiger partial charge in [0.05, 0.1) is 7.11 Å². The summed E-state index contributed by atoms with van der Waals surface area (Å²) in [5.41, 5.74) is 1.24. The Balaban J connectivity index is 2.07. The summed E-state index contributed by atoms with van der Waals surface area (Å²) in [6.45, 7) is 5.85. The molecule has 1 aliphatic heterocycles. The van der Waals surface area contributed by atoms with Crippen molar-refractivity contribution in [1.29, 1.82) is 0 Å². The molecule has 1 heterocycles. The number of ether oxygens (including phenoxy) is 2. The number of benzene rings is 1. The summed E-state index contributed by atoms with van der Waals surface area (Å²) >= 11 is 0. The molecule has 1 aromatic carbocycles. The van der Waals surface area contributed by atoms with E-state index in [2.05, 4.69) is 36.3 Å². The van der Waals surface area contributed by atoms with Gasteiger partial charge in [0.15, 0.2) is 0 Å². The van der Waals surface area contributed by atoms with Crippen LogP contribution in [-0.4, -0.2) is 51.4 Å². The summed E-state index contributed by atoms with van der Waals surface area (Å²) in [7, 11) is 3.96. The van der Waals surface area contributed by atoms with Crippen LogP contribution < -0.4 is 10.1 Å². The van der Waals surface area contributed by atoms with E-state index in [0.717, 1.165) is 44.9 Å². The van der Waals surface area contributed by atoms with E-state index in [9.17, 15) is 0 Å². The molecule has 2 rings (SSSR count). The van der Waals surface area contributed by atoms with Crippen LogP contribution in [0.15, 0.2) is 24.3 Å². The second-order valence-electron chi connectivity index (χ2n) is 5.64. The predicted octanol–water partition coefficient (Wildman–Crippen LogP) is 2.46. The van der Waals surface area contributed by atoms with E-state index in [1.807, 2.05) is 12.1 Å². The van der Waals surface area contributed by atoms with E-state index < -0.39 is 0 Å². The third-order valence-corrected chi connectivity index (χ3v) is 4.25. The van der Waals surface area contributed by atoms with Crippen LogP contribution in [-0.2, 0) is 4.74 Å². The normalized spacial score (nSPS) is 17.9. The molecule has 1 unspecified atom stereocenters. The molecule has 0 radical (unpaired) electrons. The summed E-state index contributed by atoms with van der Waals surface area (Å²) < 4.78 is 11.0. The number of hydrogen-bond acceptors (Lipinski definition) is 4. The Morgan fingerprint density at radius 1 is 1.33 bits per heavy atom. The predicted molar refractivity (Wildman–Crippen MR) is 85.9 cm³/mol. The molecule has 0 spiro atoms. The first kappa shape index (κ1) is 16.3. The zero-order chi connectivity index (χ0) is 15.1. The first-order chi connectivity index (χ1) is 10.3. The lowest BCUT2D eigenvalue weighted by Crippen LogP contribution is -2.41. The number of nitrogens with one attached hydrogen (secondary N) is 1. The molecule has 0 aliphatic carbocycles. The molecule has 1 saturated heterocycles. The third kappa shape index (κ3) is 4.43. The Morgan fingerprint density at radius 2 is 2.05 bits per heavy atom. The molecule has 1 fully saturated rings.